The zero-order valence-corrected chi connectivity index (χ0v) is 20.8. The third-order valence-electron chi connectivity index (χ3n) is 5.62. The molecule has 0 spiro atoms. The number of halogens is 1. The van der Waals surface area contributed by atoms with Crippen LogP contribution in [0.2, 0.25) is 5.02 Å². The lowest BCUT2D eigenvalue weighted by molar-refractivity contribution is -0.141. The van der Waals surface area contributed by atoms with Gasteiger partial charge in [-0.25, -0.2) is 0 Å². The first kappa shape index (κ1) is 26.1. The lowest BCUT2D eigenvalue weighted by atomic mass is 10.0. The van der Waals surface area contributed by atoms with E-state index in [9.17, 15) is 9.59 Å². The Morgan fingerprint density at radius 1 is 0.943 bits per heavy atom. The van der Waals surface area contributed by atoms with Crippen LogP contribution in [-0.4, -0.2) is 43.5 Å². The standard InChI is InChI=1S/C28H31ClN2O4/c1-30-28(33)26(19-21-8-4-3-5-9-21)31(20-22-10-6-11-25(18-22)34-2)27(32)12-7-17-35-24-15-13-23(29)14-16-24/h3-6,8-11,13-16,18,26H,7,12,17,19-20H2,1-2H3,(H,30,33). The van der Waals surface area contributed by atoms with Crippen LogP contribution in [0.1, 0.15) is 24.0 Å². The Morgan fingerprint density at radius 3 is 2.34 bits per heavy atom. The first-order valence-electron chi connectivity index (χ1n) is 11.6. The van der Waals surface area contributed by atoms with E-state index in [2.05, 4.69) is 5.32 Å². The number of methoxy groups -OCH3 is 1. The maximum atomic E-state index is 13.5. The normalized spacial score (nSPS) is 11.4. The fraction of sp³-hybridized carbons (Fsp3) is 0.286. The molecule has 0 aliphatic rings. The minimum Gasteiger partial charge on any atom is -0.497 e. The van der Waals surface area contributed by atoms with Gasteiger partial charge in [0.05, 0.1) is 13.7 Å². The summed E-state index contributed by atoms with van der Waals surface area (Å²) in [6.45, 7) is 0.669. The summed E-state index contributed by atoms with van der Waals surface area (Å²) in [4.78, 5) is 28.1. The SMILES string of the molecule is CNC(=O)C(Cc1ccccc1)N(Cc1cccc(OC)c1)C(=O)CCCOc1ccc(Cl)cc1. The van der Waals surface area contributed by atoms with Gasteiger partial charge in [0.25, 0.3) is 0 Å². The van der Waals surface area contributed by atoms with Crippen LogP contribution >= 0.6 is 11.6 Å². The number of nitrogens with one attached hydrogen (secondary N) is 1. The van der Waals surface area contributed by atoms with Gasteiger partial charge in [0.15, 0.2) is 0 Å². The van der Waals surface area contributed by atoms with Gasteiger partial charge in [0.1, 0.15) is 17.5 Å². The summed E-state index contributed by atoms with van der Waals surface area (Å²) in [5, 5.41) is 3.37. The molecular formula is C28H31ClN2O4. The number of ether oxygens (including phenoxy) is 2. The molecule has 6 nitrogen and oxygen atoms in total. The maximum absolute atomic E-state index is 13.5. The number of hydrogen-bond acceptors (Lipinski definition) is 4. The molecule has 184 valence electrons. The van der Waals surface area contributed by atoms with Gasteiger partial charge in [-0.2, -0.15) is 0 Å². The highest BCUT2D eigenvalue weighted by Crippen LogP contribution is 2.20. The molecule has 0 radical (unpaired) electrons. The first-order valence-corrected chi connectivity index (χ1v) is 11.9. The second kappa shape index (κ2) is 13.4. The Balaban J connectivity index is 1.75. The smallest absolute Gasteiger partial charge is 0.242 e. The Hall–Kier alpha value is -3.51. The highest BCUT2D eigenvalue weighted by atomic mass is 35.5. The lowest BCUT2D eigenvalue weighted by Crippen LogP contribution is -2.49. The molecule has 0 aromatic heterocycles. The van der Waals surface area contributed by atoms with Crippen molar-refractivity contribution in [2.75, 3.05) is 20.8 Å². The second-order valence-corrected chi connectivity index (χ2v) is 8.54. The van der Waals surface area contributed by atoms with Gasteiger partial charge in [0.2, 0.25) is 11.8 Å². The van der Waals surface area contributed by atoms with Crippen LogP contribution < -0.4 is 14.8 Å². The molecule has 2 amide bonds. The zero-order valence-electron chi connectivity index (χ0n) is 20.1. The number of nitrogens with zero attached hydrogens (tertiary/aromatic N) is 1. The summed E-state index contributed by atoms with van der Waals surface area (Å²) < 4.78 is 11.1. The molecule has 1 N–H and O–H groups in total. The number of likely N-dealkylation sites (N-methyl/N-ethyl adjacent to an activating group) is 1. The van der Waals surface area contributed by atoms with Crippen molar-refractivity contribution in [3.8, 4) is 11.5 Å². The van der Waals surface area contributed by atoms with E-state index in [1.165, 1.54) is 0 Å². The van der Waals surface area contributed by atoms with E-state index >= 15 is 0 Å². The third kappa shape index (κ3) is 8.04. The number of benzene rings is 3. The highest BCUT2D eigenvalue weighted by molar-refractivity contribution is 6.30. The van der Waals surface area contributed by atoms with E-state index in [4.69, 9.17) is 21.1 Å². The first-order chi connectivity index (χ1) is 17.0. The summed E-state index contributed by atoms with van der Waals surface area (Å²) >= 11 is 5.91. The highest BCUT2D eigenvalue weighted by Gasteiger charge is 2.29. The van der Waals surface area contributed by atoms with Crippen LogP contribution in [0.25, 0.3) is 0 Å². The topological polar surface area (TPSA) is 67.9 Å². The number of carbonyl (C=O) groups excluding carboxylic acids is 2. The summed E-state index contributed by atoms with van der Waals surface area (Å²) in [6, 6.07) is 23.7. The van der Waals surface area contributed by atoms with E-state index in [1.807, 2.05) is 54.6 Å². The molecule has 0 fully saturated rings. The van der Waals surface area contributed by atoms with Gasteiger partial charge in [0, 0.05) is 31.5 Å². The Kier molecular flexibility index (Phi) is 9.99. The minimum atomic E-state index is -0.654. The van der Waals surface area contributed by atoms with Crippen molar-refractivity contribution >= 4 is 23.4 Å². The molecule has 3 rings (SSSR count). The lowest BCUT2D eigenvalue weighted by Gasteiger charge is -2.31. The fourth-order valence-electron chi connectivity index (χ4n) is 3.78. The molecule has 1 unspecified atom stereocenters. The van der Waals surface area contributed by atoms with Crippen LogP contribution in [-0.2, 0) is 22.6 Å². The third-order valence-corrected chi connectivity index (χ3v) is 5.87. The van der Waals surface area contributed by atoms with E-state index in [0.29, 0.717) is 42.5 Å². The molecule has 0 bridgehead atoms. The Bertz CT molecular complexity index is 1090. The van der Waals surface area contributed by atoms with Crippen molar-refractivity contribution in [1.29, 1.82) is 0 Å². The largest absolute Gasteiger partial charge is 0.497 e. The van der Waals surface area contributed by atoms with E-state index in [-0.39, 0.29) is 18.2 Å². The average Bonchev–Trinajstić information content (AvgIpc) is 2.89. The van der Waals surface area contributed by atoms with E-state index in [1.54, 1.807) is 43.3 Å². The number of amides is 2. The summed E-state index contributed by atoms with van der Waals surface area (Å²) in [5.74, 6) is 1.08. The molecule has 3 aromatic rings. The van der Waals surface area contributed by atoms with Gasteiger partial charge in [-0.1, -0.05) is 54.1 Å². The predicted octanol–water partition coefficient (Wildman–Crippen LogP) is 4.89. The summed E-state index contributed by atoms with van der Waals surface area (Å²) in [5.41, 5.74) is 1.87. The summed E-state index contributed by atoms with van der Waals surface area (Å²) in [6.07, 6.45) is 1.18. The monoisotopic (exact) mass is 494 g/mol. The molecule has 1 atom stereocenters. The Labute approximate surface area is 211 Å². The van der Waals surface area contributed by atoms with Crippen LogP contribution in [0.15, 0.2) is 78.9 Å². The van der Waals surface area contributed by atoms with Crippen molar-refractivity contribution < 1.29 is 19.1 Å². The van der Waals surface area contributed by atoms with Crippen molar-refractivity contribution in [3.63, 3.8) is 0 Å². The van der Waals surface area contributed by atoms with Crippen LogP contribution in [0, 0.1) is 0 Å². The molecule has 0 aliphatic heterocycles. The maximum Gasteiger partial charge on any atom is 0.242 e. The molecular weight excluding hydrogens is 464 g/mol. The second-order valence-electron chi connectivity index (χ2n) is 8.10. The number of rotatable bonds is 12. The van der Waals surface area contributed by atoms with Crippen LogP contribution in [0.5, 0.6) is 11.5 Å². The minimum absolute atomic E-state index is 0.114. The molecule has 0 saturated heterocycles. The molecule has 35 heavy (non-hydrogen) atoms. The van der Waals surface area contributed by atoms with Crippen molar-refractivity contribution in [2.45, 2.75) is 31.8 Å². The van der Waals surface area contributed by atoms with Gasteiger partial charge in [-0.15, -0.1) is 0 Å². The average molecular weight is 495 g/mol. The Morgan fingerprint density at radius 2 is 1.66 bits per heavy atom. The van der Waals surface area contributed by atoms with Crippen molar-refractivity contribution in [3.05, 3.63) is 95.0 Å². The van der Waals surface area contributed by atoms with Crippen LogP contribution in [0.4, 0.5) is 0 Å². The summed E-state index contributed by atoms with van der Waals surface area (Å²) in [7, 11) is 3.19. The van der Waals surface area contributed by atoms with Crippen molar-refractivity contribution in [2.24, 2.45) is 0 Å². The molecule has 0 heterocycles. The van der Waals surface area contributed by atoms with Gasteiger partial charge in [-0.05, 0) is 53.9 Å². The molecule has 3 aromatic carbocycles. The van der Waals surface area contributed by atoms with Gasteiger partial charge in [-0.3, -0.25) is 9.59 Å². The van der Waals surface area contributed by atoms with Gasteiger partial charge < -0.3 is 19.7 Å². The molecule has 7 heteroatoms. The number of hydrogen-bond donors (Lipinski definition) is 1. The molecule has 0 aliphatic carbocycles. The predicted molar refractivity (Wildman–Crippen MR) is 138 cm³/mol. The fourth-order valence-corrected chi connectivity index (χ4v) is 3.90. The van der Waals surface area contributed by atoms with E-state index in [0.717, 1.165) is 11.1 Å². The zero-order chi connectivity index (χ0) is 25.0. The quantitative estimate of drug-likeness (QED) is 0.364. The molecule has 0 saturated carbocycles. The van der Waals surface area contributed by atoms with Crippen molar-refractivity contribution in [1.82, 2.24) is 10.2 Å². The van der Waals surface area contributed by atoms with E-state index < -0.39 is 6.04 Å². The van der Waals surface area contributed by atoms with Crippen LogP contribution in [0.3, 0.4) is 0 Å². The van der Waals surface area contributed by atoms with Gasteiger partial charge >= 0.3 is 0 Å². The number of carbonyl (C=O) groups is 2.